The number of rotatable bonds is 84. The van der Waals surface area contributed by atoms with E-state index in [4.69, 9.17) is 4.74 Å². The first kappa shape index (κ1) is 92.6. The van der Waals surface area contributed by atoms with Crippen molar-refractivity contribution in [2.45, 2.75) is 527 Å². The van der Waals surface area contributed by atoms with E-state index < -0.39 is 12.1 Å². The molecule has 0 aliphatic heterocycles. The van der Waals surface area contributed by atoms with Gasteiger partial charge in [-0.05, 0) is 51.4 Å². The minimum Gasteiger partial charge on any atom is -0.466 e. The molecule has 0 fully saturated rings. The maximum atomic E-state index is 12.6. The lowest BCUT2D eigenvalue weighted by molar-refractivity contribution is -0.143. The second-order valence-corrected chi connectivity index (χ2v) is 30.6. The van der Waals surface area contributed by atoms with Crippen LogP contribution in [-0.4, -0.2) is 47.4 Å². The third-order valence-electron chi connectivity index (χ3n) is 21.1. The first-order chi connectivity index (χ1) is 46.5. The zero-order valence-electron chi connectivity index (χ0n) is 64.5. The van der Waals surface area contributed by atoms with E-state index in [2.05, 4.69) is 31.3 Å². The normalized spacial score (nSPS) is 12.4. The maximum Gasteiger partial charge on any atom is 0.305 e. The van der Waals surface area contributed by atoms with Crippen LogP contribution in [0.3, 0.4) is 0 Å². The quantitative estimate of drug-likeness (QED) is 0.0320. The number of carbonyl (C=O) groups excluding carboxylic acids is 2. The van der Waals surface area contributed by atoms with Gasteiger partial charge in [-0.3, -0.25) is 9.59 Å². The molecule has 0 aromatic rings. The van der Waals surface area contributed by atoms with Gasteiger partial charge in [0.25, 0.3) is 0 Å². The number of ether oxygens (including phenoxy) is 1. The molecule has 0 saturated heterocycles. The topological polar surface area (TPSA) is 95.9 Å². The van der Waals surface area contributed by atoms with Gasteiger partial charge in [-0.25, -0.2) is 0 Å². The number of aliphatic hydroxyl groups is 2. The molecule has 0 bridgehead atoms. The lowest BCUT2D eigenvalue weighted by Gasteiger charge is -2.22. The molecule has 0 aliphatic carbocycles. The van der Waals surface area contributed by atoms with Gasteiger partial charge in [-0.1, -0.05) is 463 Å². The largest absolute Gasteiger partial charge is 0.466 e. The highest BCUT2D eigenvalue weighted by Gasteiger charge is 2.20. The molecule has 0 spiro atoms. The summed E-state index contributed by atoms with van der Waals surface area (Å²) in [6, 6.07) is -0.539. The van der Waals surface area contributed by atoms with Crippen molar-refractivity contribution in [3.63, 3.8) is 0 Å². The summed E-state index contributed by atoms with van der Waals surface area (Å²) in [4.78, 5) is 24.7. The van der Waals surface area contributed by atoms with Gasteiger partial charge in [0.1, 0.15) is 0 Å². The lowest BCUT2D eigenvalue weighted by atomic mass is 10.0. The molecule has 560 valence electrons. The predicted molar refractivity (Wildman–Crippen MR) is 417 cm³/mol. The van der Waals surface area contributed by atoms with Crippen LogP contribution in [0.15, 0.2) is 12.2 Å². The molecule has 94 heavy (non-hydrogen) atoms. The molecule has 0 heterocycles. The van der Waals surface area contributed by atoms with Gasteiger partial charge in [0, 0.05) is 12.8 Å². The van der Waals surface area contributed by atoms with Gasteiger partial charge < -0.3 is 20.3 Å². The molecule has 0 aliphatic rings. The van der Waals surface area contributed by atoms with Crippen molar-refractivity contribution in [1.82, 2.24) is 5.32 Å². The summed E-state index contributed by atoms with van der Waals surface area (Å²) in [5.74, 6) is 0.00225. The van der Waals surface area contributed by atoms with E-state index in [-0.39, 0.29) is 18.5 Å². The van der Waals surface area contributed by atoms with Gasteiger partial charge >= 0.3 is 5.97 Å². The van der Waals surface area contributed by atoms with Gasteiger partial charge in [-0.15, -0.1) is 0 Å². The van der Waals surface area contributed by atoms with E-state index in [1.807, 2.05) is 0 Å². The smallest absolute Gasteiger partial charge is 0.305 e. The Bertz CT molecular complexity index is 1430. The van der Waals surface area contributed by atoms with Crippen LogP contribution in [-0.2, 0) is 14.3 Å². The number of hydrogen-bond acceptors (Lipinski definition) is 5. The van der Waals surface area contributed by atoms with Gasteiger partial charge in [0.2, 0.25) is 5.91 Å². The number of esters is 1. The molecular formula is C88H173NO5. The van der Waals surface area contributed by atoms with Gasteiger partial charge in [0.05, 0.1) is 25.4 Å². The van der Waals surface area contributed by atoms with Crippen molar-refractivity contribution in [2.24, 2.45) is 0 Å². The van der Waals surface area contributed by atoms with E-state index in [0.717, 1.165) is 38.5 Å². The van der Waals surface area contributed by atoms with Crippen LogP contribution in [0, 0.1) is 0 Å². The van der Waals surface area contributed by atoms with Crippen molar-refractivity contribution in [2.75, 3.05) is 13.2 Å². The van der Waals surface area contributed by atoms with E-state index in [1.54, 1.807) is 0 Å². The Kier molecular flexibility index (Phi) is 82.8. The summed E-state index contributed by atoms with van der Waals surface area (Å²) in [5.41, 5.74) is 0. The fourth-order valence-electron chi connectivity index (χ4n) is 14.4. The third kappa shape index (κ3) is 79.6. The van der Waals surface area contributed by atoms with E-state index in [1.165, 1.54) is 443 Å². The van der Waals surface area contributed by atoms with Crippen molar-refractivity contribution in [3.05, 3.63) is 12.2 Å². The second-order valence-electron chi connectivity index (χ2n) is 30.6. The van der Waals surface area contributed by atoms with Crippen LogP contribution in [0.2, 0.25) is 0 Å². The first-order valence-electron chi connectivity index (χ1n) is 43.9. The first-order valence-corrected chi connectivity index (χ1v) is 43.9. The Balaban J connectivity index is 3.32. The summed E-state index contributed by atoms with van der Waals surface area (Å²) < 4.78 is 5.51. The van der Waals surface area contributed by atoms with Crippen molar-refractivity contribution < 1.29 is 24.5 Å². The summed E-state index contributed by atoms with van der Waals surface area (Å²) in [7, 11) is 0. The monoisotopic (exact) mass is 1320 g/mol. The zero-order valence-corrected chi connectivity index (χ0v) is 64.5. The molecular weight excluding hydrogens is 1150 g/mol. The highest BCUT2D eigenvalue weighted by atomic mass is 16.5. The Hall–Kier alpha value is -1.40. The summed E-state index contributed by atoms with van der Waals surface area (Å²) in [6.07, 6.45) is 108. The molecule has 3 N–H and O–H groups in total. The summed E-state index contributed by atoms with van der Waals surface area (Å²) in [5, 5.41) is 23.5. The Morgan fingerprint density at radius 2 is 0.500 bits per heavy atom. The van der Waals surface area contributed by atoms with E-state index in [9.17, 15) is 19.8 Å². The van der Waals surface area contributed by atoms with E-state index in [0.29, 0.717) is 25.9 Å². The fraction of sp³-hybridized carbons (Fsp3) is 0.955. The van der Waals surface area contributed by atoms with Crippen LogP contribution in [0.25, 0.3) is 0 Å². The molecule has 0 radical (unpaired) electrons. The maximum absolute atomic E-state index is 12.6. The van der Waals surface area contributed by atoms with Gasteiger partial charge in [-0.2, -0.15) is 0 Å². The number of unbranched alkanes of at least 4 members (excludes halogenated alkanes) is 71. The van der Waals surface area contributed by atoms with Crippen molar-refractivity contribution in [1.29, 1.82) is 0 Å². The lowest BCUT2D eigenvalue weighted by Crippen LogP contribution is -2.45. The van der Waals surface area contributed by atoms with Crippen molar-refractivity contribution in [3.8, 4) is 0 Å². The average Bonchev–Trinajstić information content (AvgIpc) is 2.94. The summed E-state index contributed by atoms with van der Waals surface area (Å²) in [6.45, 7) is 5.02. The minimum atomic E-state index is -0.662. The van der Waals surface area contributed by atoms with Crippen molar-refractivity contribution >= 4 is 11.9 Å². The standard InChI is InChI=1S/C88H173NO5/c1-3-5-7-9-11-13-15-17-19-20-21-22-23-41-44-47-50-53-56-60-64-68-72-76-80-86(91)85(84-90)89-87(92)81-77-73-69-65-61-57-54-51-48-45-42-39-37-35-33-31-29-27-25-24-26-28-30-32-34-36-38-40-43-46-49-52-55-59-63-67-71-75-79-83-94-88(93)82-78-74-70-66-62-58-18-16-14-12-10-8-6-4-2/h24-25,85-86,90-91H,3-23,26-84H2,1-2H3,(H,89,92)/b25-24-. The number of carbonyl (C=O) groups is 2. The molecule has 0 rings (SSSR count). The Morgan fingerprint density at radius 3 is 0.755 bits per heavy atom. The molecule has 0 aromatic heterocycles. The molecule has 6 heteroatoms. The van der Waals surface area contributed by atoms with Crippen LogP contribution in [0.5, 0.6) is 0 Å². The molecule has 2 unspecified atom stereocenters. The summed E-state index contributed by atoms with van der Waals surface area (Å²) >= 11 is 0. The average molecular weight is 1330 g/mol. The van der Waals surface area contributed by atoms with Crippen LogP contribution >= 0.6 is 0 Å². The van der Waals surface area contributed by atoms with Crippen LogP contribution in [0.4, 0.5) is 0 Å². The Labute approximate surface area is 590 Å². The minimum absolute atomic E-state index is 0.0239. The molecule has 2 atom stereocenters. The molecule has 6 nitrogen and oxygen atoms in total. The molecule has 0 saturated carbocycles. The number of hydrogen-bond donors (Lipinski definition) is 3. The number of amides is 1. The number of nitrogens with one attached hydrogen (secondary N) is 1. The Morgan fingerprint density at radius 1 is 0.287 bits per heavy atom. The van der Waals surface area contributed by atoms with Crippen LogP contribution < -0.4 is 5.32 Å². The van der Waals surface area contributed by atoms with Crippen LogP contribution in [0.1, 0.15) is 515 Å². The zero-order chi connectivity index (χ0) is 67.7. The highest BCUT2D eigenvalue weighted by molar-refractivity contribution is 5.76. The number of allylic oxidation sites excluding steroid dienone is 2. The third-order valence-corrected chi connectivity index (χ3v) is 21.1. The second kappa shape index (κ2) is 84.0. The predicted octanol–water partition coefficient (Wildman–Crippen LogP) is 29.4. The number of aliphatic hydroxyl groups excluding tert-OH is 2. The van der Waals surface area contributed by atoms with Gasteiger partial charge in [0.15, 0.2) is 0 Å². The van der Waals surface area contributed by atoms with E-state index >= 15 is 0 Å². The molecule has 0 aromatic carbocycles. The fourth-order valence-corrected chi connectivity index (χ4v) is 14.4. The SMILES string of the molecule is CCCCCCCCCCCCCCCCCCCCCCCCCCC(O)C(CO)NC(=O)CCCCCCCCCCCCCCCCCCC/C=C\CCCCCCCCCCCCCCCCCCCCOC(=O)CCCCCCCCCCCCCCCC. The highest BCUT2D eigenvalue weighted by Crippen LogP contribution is 2.21. The molecule has 1 amide bonds.